The van der Waals surface area contributed by atoms with E-state index in [9.17, 15) is 18.0 Å². The zero-order chi connectivity index (χ0) is 10.0. The number of Topliss-reactive ketones (excluding diaryl/α,β-unsaturated/α-hetero) is 1. The molecule has 0 aliphatic carbocycles. The van der Waals surface area contributed by atoms with Crippen LogP contribution in [-0.4, -0.2) is 12.5 Å². The Morgan fingerprint density at radius 2 is 2.00 bits per heavy atom. The summed E-state index contributed by atoms with van der Waals surface area (Å²) >= 11 is 2.77. The Hall–Kier alpha value is -0.840. The lowest BCUT2D eigenvalue weighted by Crippen LogP contribution is -2.06. The van der Waals surface area contributed by atoms with Crippen LogP contribution in [0, 0.1) is 11.6 Å². The number of hydrogen-bond donors (Lipinski definition) is 0. The summed E-state index contributed by atoms with van der Waals surface area (Å²) in [5.41, 5.74) is -0.455. The number of benzene rings is 1. The highest BCUT2D eigenvalue weighted by Crippen LogP contribution is 2.22. The lowest BCUT2D eigenvalue weighted by atomic mass is 10.1. The topological polar surface area (TPSA) is 17.1 Å². The van der Waals surface area contributed by atoms with Crippen molar-refractivity contribution in [1.29, 1.82) is 0 Å². The fraction of sp³-hybridized carbons (Fsp3) is 0.125. The van der Waals surface area contributed by atoms with E-state index in [-0.39, 0.29) is 4.47 Å². The van der Waals surface area contributed by atoms with E-state index in [2.05, 4.69) is 15.9 Å². The van der Waals surface area contributed by atoms with Crippen molar-refractivity contribution in [1.82, 2.24) is 0 Å². The third kappa shape index (κ3) is 2.09. The maximum absolute atomic E-state index is 12.9. The molecular formula is C8H4BrF3O. The van der Waals surface area contributed by atoms with Crippen molar-refractivity contribution in [2.45, 2.75) is 0 Å². The Morgan fingerprint density at radius 1 is 1.38 bits per heavy atom. The van der Waals surface area contributed by atoms with Gasteiger partial charge in [0.05, 0.1) is 5.56 Å². The predicted molar refractivity (Wildman–Crippen MR) is 44.4 cm³/mol. The van der Waals surface area contributed by atoms with E-state index in [1.54, 1.807) is 0 Å². The molecular weight excluding hydrogens is 249 g/mol. The highest BCUT2D eigenvalue weighted by molar-refractivity contribution is 9.10. The summed E-state index contributed by atoms with van der Waals surface area (Å²) in [5.74, 6) is -2.89. The lowest BCUT2D eigenvalue weighted by Gasteiger charge is -2.02. The van der Waals surface area contributed by atoms with E-state index >= 15 is 0 Å². The Balaban J connectivity index is 3.28. The van der Waals surface area contributed by atoms with Gasteiger partial charge in [-0.1, -0.05) is 0 Å². The molecule has 0 amide bonds. The van der Waals surface area contributed by atoms with Gasteiger partial charge in [-0.05, 0) is 22.0 Å². The fourth-order valence-electron chi connectivity index (χ4n) is 0.875. The standard InChI is InChI=1S/C8H4BrF3O/c9-5-1-4(11)2-6(12)8(5)7(13)3-10/h1-2H,3H2. The van der Waals surface area contributed by atoms with Crippen LogP contribution in [0.4, 0.5) is 13.2 Å². The molecule has 5 heteroatoms. The van der Waals surface area contributed by atoms with E-state index < -0.39 is 29.7 Å². The molecule has 0 fully saturated rings. The molecule has 1 aromatic carbocycles. The van der Waals surface area contributed by atoms with Gasteiger partial charge < -0.3 is 0 Å². The molecule has 0 aliphatic heterocycles. The van der Waals surface area contributed by atoms with Crippen molar-refractivity contribution in [2.24, 2.45) is 0 Å². The highest BCUT2D eigenvalue weighted by atomic mass is 79.9. The number of rotatable bonds is 2. The molecule has 13 heavy (non-hydrogen) atoms. The Morgan fingerprint density at radius 3 is 2.46 bits per heavy atom. The van der Waals surface area contributed by atoms with Gasteiger partial charge in [-0.2, -0.15) is 0 Å². The van der Waals surface area contributed by atoms with Gasteiger partial charge in [0, 0.05) is 10.5 Å². The van der Waals surface area contributed by atoms with Gasteiger partial charge in [0.25, 0.3) is 0 Å². The van der Waals surface area contributed by atoms with E-state index in [0.717, 1.165) is 6.07 Å². The SMILES string of the molecule is O=C(CF)c1c(F)cc(F)cc1Br. The van der Waals surface area contributed by atoms with Crippen LogP contribution in [0.25, 0.3) is 0 Å². The summed E-state index contributed by atoms with van der Waals surface area (Å²) < 4.78 is 37.2. The Kier molecular flexibility index (Phi) is 3.08. The first-order valence-electron chi connectivity index (χ1n) is 3.30. The Labute approximate surface area is 80.7 Å². The minimum absolute atomic E-state index is 0.0762. The molecule has 1 nitrogen and oxygen atoms in total. The van der Waals surface area contributed by atoms with Gasteiger partial charge in [-0.3, -0.25) is 4.79 Å². The average Bonchev–Trinajstić information content (AvgIpc) is 2.02. The van der Waals surface area contributed by atoms with Gasteiger partial charge in [0.15, 0.2) is 12.5 Å². The molecule has 0 aromatic heterocycles. The first kappa shape index (κ1) is 10.2. The van der Waals surface area contributed by atoms with Crippen molar-refractivity contribution >= 4 is 21.7 Å². The van der Waals surface area contributed by atoms with Crippen molar-refractivity contribution in [2.75, 3.05) is 6.67 Å². The molecule has 0 bridgehead atoms. The number of ketones is 1. The maximum Gasteiger partial charge on any atom is 0.197 e. The van der Waals surface area contributed by atoms with Crippen LogP contribution in [0.3, 0.4) is 0 Å². The molecule has 0 aliphatic rings. The van der Waals surface area contributed by atoms with Crippen LogP contribution in [0.15, 0.2) is 16.6 Å². The highest BCUT2D eigenvalue weighted by Gasteiger charge is 2.16. The van der Waals surface area contributed by atoms with Gasteiger partial charge in [-0.15, -0.1) is 0 Å². The van der Waals surface area contributed by atoms with Crippen LogP contribution in [0.5, 0.6) is 0 Å². The summed E-state index contributed by atoms with van der Waals surface area (Å²) in [5, 5.41) is 0. The molecule has 0 saturated heterocycles. The smallest absolute Gasteiger partial charge is 0.197 e. The quantitative estimate of drug-likeness (QED) is 0.740. The van der Waals surface area contributed by atoms with Crippen LogP contribution in [0.2, 0.25) is 0 Å². The van der Waals surface area contributed by atoms with Crippen LogP contribution in [-0.2, 0) is 0 Å². The largest absolute Gasteiger partial charge is 0.291 e. The van der Waals surface area contributed by atoms with Crippen molar-refractivity contribution in [3.05, 3.63) is 33.8 Å². The van der Waals surface area contributed by atoms with Crippen LogP contribution < -0.4 is 0 Å². The zero-order valence-electron chi connectivity index (χ0n) is 6.28. The second kappa shape index (κ2) is 3.91. The van der Waals surface area contributed by atoms with E-state index in [1.807, 2.05) is 0 Å². The first-order chi connectivity index (χ1) is 6.06. The first-order valence-corrected chi connectivity index (χ1v) is 4.09. The molecule has 0 spiro atoms. The van der Waals surface area contributed by atoms with Gasteiger partial charge in [0.2, 0.25) is 0 Å². The second-order valence-corrected chi connectivity index (χ2v) is 3.16. The third-order valence-corrected chi connectivity index (χ3v) is 2.03. The summed E-state index contributed by atoms with van der Waals surface area (Å²) in [4.78, 5) is 10.8. The molecule has 1 rings (SSSR count). The number of alkyl halides is 1. The molecule has 0 radical (unpaired) electrons. The normalized spacial score (nSPS) is 10.2. The molecule has 70 valence electrons. The van der Waals surface area contributed by atoms with E-state index in [4.69, 9.17) is 0 Å². The molecule has 1 aromatic rings. The van der Waals surface area contributed by atoms with Crippen LogP contribution in [0.1, 0.15) is 10.4 Å². The molecule has 0 heterocycles. The fourth-order valence-corrected chi connectivity index (χ4v) is 1.50. The Bertz CT molecular complexity index is 328. The lowest BCUT2D eigenvalue weighted by molar-refractivity contribution is 0.0954. The zero-order valence-corrected chi connectivity index (χ0v) is 7.87. The molecule has 0 unspecified atom stereocenters. The number of halogens is 4. The van der Waals surface area contributed by atoms with Crippen molar-refractivity contribution < 1.29 is 18.0 Å². The van der Waals surface area contributed by atoms with Crippen molar-refractivity contribution in [3.8, 4) is 0 Å². The molecule has 0 N–H and O–H groups in total. The van der Waals surface area contributed by atoms with E-state index in [1.165, 1.54) is 0 Å². The molecule has 0 saturated carbocycles. The molecule has 0 atom stereocenters. The van der Waals surface area contributed by atoms with E-state index in [0.29, 0.717) is 6.07 Å². The van der Waals surface area contributed by atoms with Gasteiger partial charge in [-0.25, -0.2) is 13.2 Å². The second-order valence-electron chi connectivity index (χ2n) is 2.30. The van der Waals surface area contributed by atoms with Gasteiger partial charge >= 0.3 is 0 Å². The predicted octanol–water partition coefficient (Wildman–Crippen LogP) is 2.88. The van der Waals surface area contributed by atoms with Crippen LogP contribution >= 0.6 is 15.9 Å². The number of carbonyl (C=O) groups is 1. The number of hydrogen-bond acceptors (Lipinski definition) is 1. The summed E-state index contributed by atoms with van der Waals surface area (Å²) in [6, 6.07) is 1.44. The summed E-state index contributed by atoms with van der Waals surface area (Å²) in [6.45, 7) is -1.30. The summed E-state index contributed by atoms with van der Waals surface area (Å²) in [7, 11) is 0. The minimum Gasteiger partial charge on any atom is -0.291 e. The van der Waals surface area contributed by atoms with Crippen molar-refractivity contribution in [3.63, 3.8) is 0 Å². The average molecular weight is 253 g/mol. The van der Waals surface area contributed by atoms with Gasteiger partial charge in [0.1, 0.15) is 11.6 Å². The third-order valence-electron chi connectivity index (χ3n) is 1.41. The minimum atomic E-state index is -1.30. The number of carbonyl (C=O) groups excluding carboxylic acids is 1. The maximum atomic E-state index is 12.9. The monoisotopic (exact) mass is 252 g/mol. The summed E-state index contributed by atoms with van der Waals surface area (Å²) in [6.07, 6.45) is 0.